The summed E-state index contributed by atoms with van der Waals surface area (Å²) >= 11 is 0. The van der Waals surface area contributed by atoms with Gasteiger partial charge in [-0.3, -0.25) is 10.1 Å². The van der Waals surface area contributed by atoms with Gasteiger partial charge in [0, 0.05) is 41.8 Å². The third-order valence-corrected chi connectivity index (χ3v) is 7.43. The molecule has 3 aromatic rings. The molecular formula is C29H31N5O2. The number of urea groups is 1. The van der Waals surface area contributed by atoms with Gasteiger partial charge in [-0.2, -0.15) is 0 Å². The van der Waals surface area contributed by atoms with Crippen molar-refractivity contribution in [1.82, 2.24) is 9.88 Å². The lowest BCUT2D eigenvalue weighted by atomic mass is 10.1. The predicted molar refractivity (Wildman–Crippen MR) is 141 cm³/mol. The van der Waals surface area contributed by atoms with E-state index in [1.165, 1.54) is 12.0 Å². The molecule has 184 valence electrons. The number of aromatic nitrogens is 1. The van der Waals surface area contributed by atoms with Crippen LogP contribution in [0.3, 0.4) is 0 Å². The SMILES string of the molecule is CC1CC1c1ccc(CN2Cc3c(Nc4ccc(NC(=O)CC5CC5)cc4)ccnc3NC2=O)cc1. The summed E-state index contributed by atoms with van der Waals surface area (Å²) in [6.45, 7) is 3.29. The molecule has 0 bridgehead atoms. The Kier molecular flexibility index (Phi) is 5.83. The number of amides is 3. The van der Waals surface area contributed by atoms with Gasteiger partial charge >= 0.3 is 6.03 Å². The van der Waals surface area contributed by atoms with Crippen LogP contribution in [0.15, 0.2) is 60.8 Å². The maximum Gasteiger partial charge on any atom is 0.323 e. The lowest BCUT2D eigenvalue weighted by Gasteiger charge is -2.30. The number of nitrogens with one attached hydrogen (secondary N) is 3. The minimum atomic E-state index is -0.140. The second-order valence-electron chi connectivity index (χ2n) is 10.4. The first-order valence-corrected chi connectivity index (χ1v) is 12.8. The molecule has 36 heavy (non-hydrogen) atoms. The summed E-state index contributed by atoms with van der Waals surface area (Å²) < 4.78 is 0. The Morgan fingerprint density at radius 3 is 2.47 bits per heavy atom. The van der Waals surface area contributed by atoms with E-state index in [1.807, 2.05) is 35.2 Å². The highest BCUT2D eigenvalue weighted by Crippen LogP contribution is 2.46. The van der Waals surface area contributed by atoms with Gasteiger partial charge in [0.15, 0.2) is 0 Å². The first kappa shape index (κ1) is 22.6. The summed E-state index contributed by atoms with van der Waals surface area (Å²) in [7, 11) is 0. The topological polar surface area (TPSA) is 86.4 Å². The zero-order valence-electron chi connectivity index (χ0n) is 20.5. The Hall–Kier alpha value is -3.87. The molecular weight excluding hydrogens is 450 g/mol. The third-order valence-electron chi connectivity index (χ3n) is 7.43. The predicted octanol–water partition coefficient (Wildman–Crippen LogP) is 6.23. The molecule has 0 spiro atoms. The van der Waals surface area contributed by atoms with Gasteiger partial charge in [0.05, 0.1) is 6.54 Å². The second-order valence-corrected chi connectivity index (χ2v) is 10.4. The molecule has 2 fully saturated rings. The normalized spacial score (nSPS) is 20.4. The Morgan fingerprint density at radius 1 is 1.06 bits per heavy atom. The fourth-order valence-corrected chi connectivity index (χ4v) is 4.91. The average Bonchev–Trinajstić information content (AvgIpc) is 3.80. The number of rotatable bonds is 8. The molecule has 2 aromatic carbocycles. The molecule has 7 heteroatoms. The average molecular weight is 482 g/mol. The fraction of sp³-hybridized carbons (Fsp3) is 0.345. The number of nitrogens with zero attached hydrogens (tertiary/aromatic N) is 2. The molecule has 6 rings (SSSR count). The second kappa shape index (κ2) is 9.30. The summed E-state index contributed by atoms with van der Waals surface area (Å²) in [6, 6.07) is 18.2. The largest absolute Gasteiger partial charge is 0.355 e. The summed E-state index contributed by atoms with van der Waals surface area (Å²) in [5.74, 6) is 2.70. The Labute approximate surface area is 211 Å². The molecule has 0 saturated heterocycles. The van der Waals surface area contributed by atoms with Gasteiger partial charge in [-0.15, -0.1) is 0 Å². The van der Waals surface area contributed by atoms with Crippen LogP contribution in [0.5, 0.6) is 0 Å². The number of fused-ring (bicyclic) bond motifs is 1. The van der Waals surface area contributed by atoms with Crippen molar-refractivity contribution in [3.8, 4) is 0 Å². The van der Waals surface area contributed by atoms with Crippen LogP contribution in [0.2, 0.25) is 0 Å². The first-order chi connectivity index (χ1) is 17.5. The van der Waals surface area contributed by atoms with Crippen LogP contribution >= 0.6 is 0 Å². The highest BCUT2D eigenvalue weighted by atomic mass is 16.2. The van der Waals surface area contributed by atoms with Gasteiger partial charge in [-0.25, -0.2) is 9.78 Å². The minimum Gasteiger partial charge on any atom is -0.355 e. The number of carbonyl (C=O) groups excluding carboxylic acids is 2. The highest BCUT2D eigenvalue weighted by molar-refractivity contribution is 5.93. The van der Waals surface area contributed by atoms with Gasteiger partial charge in [-0.05, 0) is 78.5 Å². The summed E-state index contributed by atoms with van der Waals surface area (Å²) in [5, 5.41) is 9.37. The van der Waals surface area contributed by atoms with Gasteiger partial charge < -0.3 is 15.5 Å². The molecule has 2 unspecified atom stereocenters. The van der Waals surface area contributed by atoms with E-state index in [0.29, 0.717) is 37.2 Å². The minimum absolute atomic E-state index is 0.0778. The zero-order valence-corrected chi connectivity index (χ0v) is 20.5. The van der Waals surface area contributed by atoms with E-state index in [9.17, 15) is 9.59 Å². The monoisotopic (exact) mass is 481 g/mol. The summed E-state index contributed by atoms with van der Waals surface area (Å²) in [4.78, 5) is 31.0. The van der Waals surface area contributed by atoms with E-state index >= 15 is 0 Å². The number of pyridine rings is 1. The third kappa shape index (κ3) is 5.05. The highest BCUT2D eigenvalue weighted by Gasteiger charge is 2.33. The molecule has 0 radical (unpaired) electrons. The van der Waals surface area contributed by atoms with Crippen LogP contribution < -0.4 is 16.0 Å². The van der Waals surface area contributed by atoms with Crippen molar-refractivity contribution in [2.45, 2.75) is 51.6 Å². The van der Waals surface area contributed by atoms with E-state index in [-0.39, 0.29) is 11.9 Å². The molecule has 7 nitrogen and oxygen atoms in total. The van der Waals surface area contributed by atoms with Gasteiger partial charge in [0.1, 0.15) is 5.82 Å². The molecule has 1 aliphatic heterocycles. The van der Waals surface area contributed by atoms with Crippen LogP contribution in [-0.4, -0.2) is 21.8 Å². The molecule has 2 aliphatic carbocycles. The van der Waals surface area contributed by atoms with Crippen molar-refractivity contribution in [3.63, 3.8) is 0 Å². The number of benzene rings is 2. The Balaban J connectivity index is 1.13. The van der Waals surface area contributed by atoms with Crippen molar-refractivity contribution in [1.29, 1.82) is 0 Å². The Morgan fingerprint density at radius 2 is 1.78 bits per heavy atom. The van der Waals surface area contributed by atoms with E-state index in [1.54, 1.807) is 6.20 Å². The maximum absolute atomic E-state index is 12.8. The molecule has 2 atom stereocenters. The number of hydrogen-bond donors (Lipinski definition) is 3. The fourth-order valence-electron chi connectivity index (χ4n) is 4.91. The van der Waals surface area contributed by atoms with Crippen LogP contribution in [0.4, 0.5) is 27.7 Å². The van der Waals surface area contributed by atoms with Crippen molar-refractivity contribution in [2.24, 2.45) is 11.8 Å². The van der Waals surface area contributed by atoms with E-state index in [4.69, 9.17) is 0 Å². The zero-order chi connectivity index (χ0) is 24.6. The van der Waals surface area contributed by atoms with Gasteiger partial charge in [0.2, 0.25) is 5.91 Å². The quantitative estimate of drug-likeness (QED) is 0.356. The lowest BCUT2D eigenvalue weighted by Crippen LogP contribution is -2.38. The molecule has 3 aliphatic rings. The van der Waals surface area contributed by atoms with Crippen LogP contribution in [0.1, 0.15) is 55.2 Å². The van der Waals surface area contributed by atoms with Crippen molar-refractivity contribution in [3.05, 3.63) is 77.5 Å². The standard InChI is InChI=1S/C29H31N5O2/c1-18-14-24(18)21-6-4-20(5-7-21)16-34-17-25-26(12-13-30-28(25)33-29(34)36)31-22-8-10-23(11-9-22)32-27(35)15-19-2-3-19/h4-13,18-19,24H,2-3,14-17H2,1H3,(H,32,35)(H2,30,31,33,36). The van der Waals surface area contributed by atoms with Crippen LogP contribution in [-0.2, 0) is 17.9 Å². The summed E-state index contributed by atoms with van der Waals surface area (Å²) in [5.41, 5.74) is 6.05. The molecule has 3 N–H and O–H groups in total. The van der Waals surface area contributed by atoms with Crippen molar-refractivity contribution < 1.29 is 9.59 Å². The molecule has 3 amide bonds. The first-order valence-electron chi connectivity index (χ1n) is 12.8. The number of carbonyl (C=O) groups is 2. The van der Waals surface area contributed by atoms with Crippen molar-refractivity contribution in [2.75, 3.05) is 16.0 Å². The lowest BCUT2D eigenvalue weighted by molar-refractivity contribution is -0.116. The van der Waals surface area contributed by atoms with Crippen molar-refractivity contribution >= 4 is 34.8 Å². The number of hydrogen-bond acceptors (Lipinski definition) is 4. The molecule has 2 saturated carbocycles. The molecule has 1 aromatic heterocycles. The van der Waals surface area contributed by atoms with E-state index in [2.05, 4.69) is 52.1 Å². The Bertz CT molecular complexity index is 1280. The smallest absolute Gasteiger partial charge is 0.323 e. The van der Waals surface area contributed by atoms with Crippen LogP contribution in [0, 0.1) is 11.8 Å². The van der Waals surface area contributed by atoms with E-state index < -0.39 is 0 Å². The van der Waals surface area contributed by atoms with E-state index in [0.717, 1.165) is 46.9 Å². The van der Waals surface area contributed by atoms with Gasteiger partial charge in [0.25, 0.3) is 0 Å². The maximum atomic E-state index is 12.8. The summed E-state index contributed by atoms with van der Waals surface area (Å²) in [6.07, 6.45) is 5.90. The van der Waals surface area contributed by atoms with Gasteiger partial charge in [-0.1, -0.05) is 31.2 Å². The number of anilines is 4. The molecule has 2 heterocycles. The van der Waals surface area contributed by atoms with Crippen LogP contribution in [0.25, 0.3) is 0 Å².